The summed E-state index contributed by atoms with van der Waals surface area (Å²) in [6.07, 6.45) is 4.01. The molecule has 0 atom stereocenters. The second kappa shape index (κ2) is 10.9. The van der Waals surface area contributed by atoms with Crippen molar-refractivity contribution in [1.82, 2.24) is 10.3 Å². The lowest BCUT2D eigenvalue weighted by atomic mass is 10.0. The number of hydrogen-bond acceptors (Lipinski definition) is 5. The van der Waals surface area contributed by atoms with Gasteiger partial charge in [-0.3, -0.25) is 15.1 Å². The highest BCUT2D eigenvalue weighted by Crippen LogP contribution is 2.28. The standard InChI is InChI=1S/C29H34N4O3/c1-19-15-21(17-30-16-20-9-10-20)18-31-26(19)22-11-13-23(14-12-22)27(34)32-24-7-5-6-8-25(24)33-28(35)36-29(2,3)4/h5-8,11-15,18,20,30H,9-10,16-17H2,1-4H3,(H,32,34)(H,33,35). The summed E-state index contributed by atoms with van der Waals surface area (Å²) in [6.45, 7) is 9.34. The second-order valence-corrected chi connectivity index (χ2v) is 10.3. The van der Waals surface area contributed by atoms with Gasteiger partial charge in [-0.15, -0.1) is 0 Å². The Morgan fingerprint density at radius 3 is 2.28 bits per heavy atom. The van der Waals surface area contributed by atoms with Gasteiger partial charge in [-0.25, -0.2) is 4.79 Å². The average molecular weight is 487 g/mol. The van der Waals surface area contributed by atoms with Gasteiger partial charge < -0.3 is 15.4 Å². The first kappa shape index (κ1) is 25.4. The monoisotopic (exact) mass is 486 g/mol. The summed E-state index contributed by atoms with van der Waals surface area (Å²) in [7, 11) is 0. The summed E-state index contributed by atoms with van der Waals surface area (Å²) in [5, 5.41) is 9.07. The molecule has 4 rings (SSSR count). The summed E-state index contributed by atoms with van der Waals surface area (Å²) in [4.78, 5) is 29.8. The van der Waals surface area contributed by atoms with E-state index in [-0.39, 0.29) is 5.91 Å². The summed E-state index contributed by atoms with van der Waals surface area (Å²) in [5.74, 6) is 0.575. The van der Waals surface area contributed by atoms with E-state index in [0.717, 1.165) is 35.8 Å². The zero-order valence-electron chi connectivity index (χ0n) is 21.4. The van der Waals surface area contributed by atoms with Crippen LogP contribution in [0.5, 0.6) is 0 Å². The van der Waals surface area contributed by atoms with E-state index in [2.05, 4.69) is 33.9 Å². The third-order valence-electron chi connectivity index (χ3n) is 5.83. The molecule has 2 amide bonds. The maximum absolute atomic E-state index is 12.9. The minimum atomic E-state index is -0.621. The number of aromatic nitrogens is 1. The van der Waals surface area contributed by atoms with Crippen LogP contribution in [0.15, 0.2) is 60.8 Å². The number of carbonyl (C=O) groups is 2. The molecule has 1 fully saturated rings. The molecule has 1 aliphatic carbocycles. The van der Waals surface area contributed by atoms with Crippen LogP contribution in [0.3, 0.4) is 0 Å². The molecular formula is C29H34N4O3. The molecule has 188 valence electrons. The number of nitrogens with one attached hydrogen (secondary N) is 3. The fourth-order valence-corrected chi connectivity index (χ4v) is 3.86. The maximum Gasteiger partial charge on any atom is 0.412 e. The number of ether oxygens (including phenoxy) is 1. The van der Waals surface area contributed by atoms with Gasteiger partial charge in [0, 0.05) is 23.9 Å². The van der Waals surface area contributed by atoms with Crippen molar-refractivity contribution in [2.75, 3.05) is 17.2 Å². The van der Waals surface area contributed by atoms with Crippen LogP contribution < -0.4 is 16.0 Å². The molecule has 36 heavy (non-hydrogen) atoms. The van der Waals surface area contributed by atoms with E-state index < -0.39 is 11.7 Å². The van der Waals surface area contributed by atoms with Crippen LogP contribution in [0.1, 0.15) is 55.1 Å². The van der Waals surface area contributed by atoms with Crippen molar-refractivity contribution in [3.8, 4) is 11.3 Å². The number of para-hydroxylation sites is 2. The summed E-state index contributed by atoms with van der Waals surface area (Å²) in [6, 6.07) is 16.5. The summed E-state index contributed by atoms with van der Waals surface area (Å²) < 4.78 is 5.32. The highest BCUT2D eigenvalue weighted by Gasteiger charge is 2.20. The Balaban J connectivity index is 1.40. The van der Waals surface area contributed by atoms with E-state index in [9.17, 15) is 9.59 Å². The first-order valence-electron chi connectivity index (χ1n) is 12.3. The molecule has 1 aromatic heterocycles. The molecule has 0 saturated heterocycles. The first-order valence-corrected chi connectivity index (χ1v) is 12.3. The van der Waals surface area contributed by atoms with E-state index in [1.165, 1.54) is 18.4 Å². The molecule has 0 unspecified atom stereocenters. The SMILES string of the molecule is Cc1cc(CNCC2CC2)cnc1-c1ccc(C(=O)Nc2ccccc2NC(=O)OC(C)(C)C)cc1. The number of hydrogen-bond donors (Lipinski definition) is 3. The van der Waals surface area contributed by atoms with Crippen LogP contribution in [0, 0.1) is 12.8 Å². The molecule has 7 heteroatoms. The van der Waals surface area contributed by atoms with Gasteiger partial charge in [0.1, 0.15) is 5.60 Å². The minimum absolute atomic E-state index is 0.276. The summed E-state index contributed by atoms with van der Waals surface area (Å²) >= 11 is 0. The smallest absolute Gasteiger partial charge is 0.412 e. The first-order chi connectivity index (χ1) is 17.2. The number of amides is 2. The number of anilines is 2. The molecule has 0 radical (unpaired) electrons. The molecule has 1 saturated carbocycles. The average Bonchev–Trinajstić information content (AvgIpc) is 3.64. The third kappa shape index (κ3) is 7.15. The van der Waals surface area contributed by atoms with Gasteiger partial charge in [0.2, 0.25) is 0 Å². The van der Waals surface area contributed by atoms with Crippen LogP contribution in [-0.2, 0) is 11.3 Å². The molecule has 0 spiro atoms. The second-order valence-electron chi connectivity index (χ2n) is 10.3. The van der Waals surface area contributed by atoms with E-state index >= 15 is 0 Å². The van der Waals surface area contributed by atoms with Crippen molar-refractivity contribution in [2.24, 2.45) is 5.92 Å². The summed E-state index contributed by atoms with van der Waals surface area (Å²) in [5.41, 5.74) is 4.96. The van der Waals surface area contributed by atoms with Crippen LogP contribution in [-0.4, -0.2) is 29.1 Å². The number of rotatable bonds is 8. The zero-order valence-corrected chi connectivity index (χ0v) is 21.4. The van der Waals surface area contributed by atoms with E-state index in [0.29, 0.717) is 16.9 Å². The Labute approximate surface area is 212 Å². The van der Waals surface area contributed by atoms with Gasteiger partial charge in [-0.2, -0.15) is 0 Å². The Hall–Kier alpha value is -3.71. The van der Waals surface area contributed by atoms with E-state index in [1.807, 2.05) is 18.3 Å². The van der Waals surface area contributed by atoms with Crippen LogP contribution in [0.4, 0.5) is 16.2 Å². The number of pyridine rings is 1. The lowest BCUT2D eigenvalue weighted by Crippen LogP contribution is -2.27. The van der Waals surface area contributed by atoms with Crippen molar-refractivity contribution in [3.05, 3.63) is 77.5 Å². The van der Waals surface area contributed by atoms with Gasteiger partial charge in [0.25, 0.3) is 5.91 Å². The van der Waals surface area contributed by atoms with Gasteiger partial charge in [-0.1, -0.05) is 30.3 Å². The fourth-order valence-electron chi connectivity index (χ4n) is 3.86. The van der Waals surface area contributed by atoms with Crippen LogP contribution in [0.25, 0.3) is 11.3 Å². The van der Waals surface area contributed by atoms with Crippen molar-refractivity contribution >= 4 is 23.4 Å². The number of benzene rings is 2. The predicted octanol–water partition coefficient (Wildman–Crippen LogP) is 6.16. The quantitative estimate of drug-likeness (QED) is 0.355. The Bertz CT molecular complexity index is 1230. The minimum Gasteiger partial charge on any atom is -0.444 e. The van der Waals surface area contributed by atoms with Crippen LogP contribution in [0.2, 0.25) is 0 Å². The Kier molecular flexibility index (Phi) is 7.70. The van der Waals surface area contributed by atoms with Crippen molar-refractivity contribution < 1.29 is 14.3 Å². The number of aryl methyl sites for hydroxylation is 1. The largest absolute Gasteiger partial charge is 0.444 e. The van der Waals surface area contributed by atoms with E-state index in [4.69, 9.17) is 4.74 Å². The molecule has 0 aliphatic heterocycles. The highest BCUT2D eigenvalue weighted by atomic mass is 16.6. The van der Waals surface area contributed by atoms with Crippen molar-refractivity contribution in [3.63, 3.8) is 0 Å². The van der Waals surface area contributed by atoms with Crippen molar-refractivity contribution in [1.29, 1.82) is 0 Å². The lowest BCUT2D eigenvalue weighted by molar-refractivity contribution is 0.0635. The van der Waals surface area contributed by atoms with Gasteiger partial charge in [0.15, 0.2) is 0 Å². The molecular weight excluding hydrogens is 452 g/mol. The van der Waals surface area contributed by atoms with Gasteiger partial charge in [0.05, 0.1) is 17.1 Å². The fraction of sp³-hybridized carbons (Fsp3) is 0.345. The molecule has 1 heterocycles. The predicted molar refractivity (Wildman–Crippen MR) is 143 cm³/mol. The molecule has 1 aliphatic rings. The van der Waals surface area contributed by atoms with E-state index in [1.54, 1.807) is 57.2 Å². The maximum atomic E-state index is 12.9. The van der Waals surface area contributed by atoms with Crippen molar-refractivity contribution in [2.45, 2.75) is 52.7 Å². The lowest BCUT2D eigenvalue weighted by Gasteiger charge is -2.20. The number of nitrogens with zero attached hydrogens (tertiary/aromatic N) is 1. The molecule has 2 aromatic carbocycles. The topological polar surface area (TPSA) is 92.4 Å². The van der Waals surface area contributed by atoms with Gasteiger partial charge in [-0.05, 0) is 88.4 Å². The molecule has 3 aromatic rings. The van der Waals surface area contributed by atoms with Crippen LogP contribution >= 0.6 is 0 Å². The zero-order chi connectivity index (χ0) is 25.7. The third-order valence-corrected chi connectivity index (χ3v) is 5.83. The molecule has 3 N–H and O–H groups in total. The number of carbonyl (C=O) groups excluding carboxylic acids is 2. The Morgan fingerprint density at radius 2 is 1.67 bits per heavy atom. The highest BCUT2D eigenvalue weighted by molar-refractivity contribution is 6.07. The molecule has 7 nitrogen and oxygen atoms in total. The Morgan fingerprint density at radius 1 is 1.00 bits per heavy atom. The van der Waals surface area contributed by atoms with Gasteiger partial charge >= 0.3 is 6.09 Å². The normalized spacial score (nSPS) is 13.2. The molecule has 0 bridgehead atoms.